The summed E-state index contributed by atoms with van der Waals surface area (Å²) in [5.74, 6) is 0. The molecule has 1 saturated heterocycles. The number of nitrogens with one attached hydrogen (secondary N) is 2. The van der Waals surface area contributed by atoms with Crippen LogP contribution < -0.4 is 10.6 Å². The van der Waals surface area contributed by atoms with E-state index >= 15 is 0 Å². The number of hydrogen-bond acceptors (Lipinski definition) is 4. The summed E-state index contributed by atoms with van der Waals surface area (Å²) >= 11 is 11.7. The highest BCUT2D eigenvalue weighted by atomic mass is 35.5. The molecule has 0 aliphatic carbocycles. The van der Waals surface area contributed by atoms with Crippen molar-refractivity contribution in [2.75, 3.05) is 37.8 Å². The van der Waals surface area contributed by atoms with Crippen LogP contribution in [0.4, 0.5) is 10.5 Å². The molecule has 23 heavy (non-hydrogen) atoms. The van der Waals surface area contributed by atoms with Gasteiger partial charge in [0.05, 0.1) is 19.0 Å². The Balaban J connectivity index is 1.84. The van der Waals surface area contributed by atoms with Crippen LogP contribution in [0.15, 0.2) is 18.2 Å². The lowest BCUT2D eigenvalue weighted by atomic mass is 10.3. The summed E-state index contributed by atoms with van der Waals surface area (Å²) in [6.45, 7) is 1.02. The number of anilines is 1. The number of benzene rings is 1. The van der Waals surface area contributed by atoms with E-state index in [-0.39, 0.29) is 13.1 Å². The van der Waals surface area contributed by atoms with Gasteiger partial charge in [0.15, 0.2) is 0 Å². The van der Waals surface area contributed by atoms with Crippen molar-refractivity contribution < 1.29 is 17.9 Å². The van der Waals surface area contributed by atoms with Crippen LogP contribution >= 0.6 is 23.2 Å². The van der Waals surface area contributed by atoms with E-state index < -0.39 is 22.2 Å². The predicted molar refractivity (Wildman–Crippen MR) is 89.6 cm³/mol. The molecule has 1 aliphatic rings. The van der Waals surface area contributed by atoms with E-state index in [0.717, 1.165) is 6.26 Å². The number of urea groups is 1. The van der Waals surface area contributed by atoms with Crippen LogP contribution in [0, 0.1) is 0 Å². The zero-order chi connectivity index (χ0) is 17.0. The summed E-state index contributed by atoms with van der Waals surface area (Å²) in [6.07, 6.45) is 0.755. The normalized spacial score (nSPS) is 19.3. The van der Waals surface area contributed by atoms with E-state index in [4.69, 9.17) is 27.9 Å². The summed E-state index contributed by atoms with van der Waals surface area (Å²) in [4.78, 5) is 11.9. The van der Waals surface area contributed by atoms with Crippen molar-refractivity contribution in [3.63, 3.8) is 0 Å². The summed E-state index contributed by atoms with van der Waals surface area (Å²) < 4.78 is 29.8. The van der Waals surface area contributed by atoms with Gasteiger partial charge in [-0.2, -0.15) is 4.31 Å². The maximum Gasteiger partial charge on any atom is 0.319 e. The molecule has 0 saturated carbocycles. The first-order valence-corrected chi connectivity index (χ1v) is 9.42. The number of rotatable bonds is 4. The number of amides is 2. The zero-order valence-corrected chi connectivity index (χ0v) is 14.7. The Kier molecular flexibility index (Phi) is 6.10. The summed E-state index contributed by atoms with van der Waals surface area (Å²) in [6, 6.07) is 4.23. The topological polar surface area (TPSA) is 87.7 Å². The Morgan fingerprint density at radius 3 is 2.61 bits per heavy atom. The van der Waals surface area contributed by atoms with Crippen LogP contribution in [-0.4, -0.2) is 57.4 Å². The standard InChI is InChI=1S/C13H17Cl2N3O4S/c1-23(20,21)18-2-3-22-12(8-18)7-16-13(19)17-11-5-9(14)4-10(15)6-11/h4-6,12H,2-3,7-8H2,1H3,(H2,16,17,19). The van der Waals surface area contributed by atoms with E-state index in [2.05, 4.69) is 10.6 Å². The van der Waals surface area contributed by atoms with Gasteiger partial charge >= 0.3 is 6.03 Å². The number of sulfonamides is 1. The summed E-state index contributed by atoms with van der Waals surface area (Å²) in [5, 5.41) is 6.05. The second-order valence-electron chi connectivity index (χ2n) is 5.11. The Labute approximate surface area is 144 Å². The molecule has 128 valence electrons. The lowest BCUT2D eigenvalue weighted by Gasteiger charge is -2.31. The number of ether oxygens (including phenoxy) is 1. The van der Waals surface area contributed by atoms with Gasteiger partial charge in [0.2, 0.25) is 10.0 Å². The van der Waals surface area contributed by atoms with Gasteiger partial charge in [0, 0.05) is 35.4 Å². The lowest BCUT2D eigenvalue weighted by molar-refractivity contribution is 0.00167. The molecule has 1 atom stereocenters. The lowest BCUT2D eigenvalue weighted by Crippen LogP contribution is -2.49. The van der Waals surface area contributed by atoms with Gasteiger partial charge in [0.1, 0.15) is 0 Å². The van der Waals surface area contributed by atoms with Gasteiger partial charge in [-0.25, -0.2) is 13.2 Å². The van der Waals surface area contributed by atoms with Crippen LogP contribution in [-0.2, 0) is 14.8 Å². The molecule has 2 rings (SSSR count). The predicted octanol–water partition coefficient (Wildman–Crippen LogP) is 1.78. The van der Waals surface area contributed by atoms with E-state index in [0.29, 0.717) is 28.9 Å². The van der Waals surface area contributed by atoms with Gasteiger partial charge in [-0.3, -0.25) is 0 Å². The Morgan fingerprint density at radius 1 is 1.35 bits per heavy atom. The number of carbonyl (C=O) groups excluding carboxylic acids is 1. The van der Waals surface area contributed by atoms with Crippen molar-refractivity contribution in [3.05, 3.63) is 28.2 Å². The largest absolute Gasteiger partial charge is 0.374 e. The molecule has 10 heteroatoms. The molecule has 2 N–H and O–H groups in total. The second-order valence-corrected chi connectivity index (χ2v) is 7.96. The fourth-order valence-corrected chi connectivity index (χ4v) is 3.49. The highest BCUT2D eigenvalue weighted by Crippen LogP contribution is 2.22. The summed E-state index contributed by atoms with van der Waals surface area (Å²) in [5.41, 5.74) is 0.460. The van der Waals surface area contributed by atoms with Gasteiger partial charge in [-0.15, -0.1) is 0 Å². The minimum atomic E-state index is -3.26. The molecule has 1 aromatic rings. The molecular weight excluding hydrogens is 365 g/mol. The van der Waals surface area contributed by atoms with E-state index in [1.807, 2.05) is 0 Å². The van der Waals surface area contributed by atoms with Gasteiger partial charge in [0.25, 0.3) is 0 Å². The Morgan fingerprint density at radius 2 is 2.00 bits per heavy atom. The third kappa shape index (κ3) is 5.82. The van der Waals surface area contributed by atoms with E-state index in [1.165, 1.54) is 4.31 Å². The third-order valence-corrected chi connectivity index (χ3v) is 4.89. The highest BCUT2D eigenvalue weighted by molar-refractivity contribution is 7.88. The van der Waals surface area contributed by atoms with Crippen molar-refractivity contribution in [3.8, 4) is 0 Å². The smallest absolute Gasteiger partial charge is 0.319 e. The molecule has 0 radical (unpaired) electrons. The third-order valence-electron chi connectivity index (χ3n) is 3.18. The molecule has 1 fully saturated rings. The first-order valence-electron chi connectivity index (χ1n) is 6.82. The van der Waals surface area contributed by atoms with E-state index in [1.54, 1.807) is 18.2 Å². The molecule has 0 bridgehead atoms. The van der Waals surface area contributed by atoms with Crippen molar-refractivity contribution in [2.45, 2.75) is 6.10 Å². The number of halogens is 2. The second kappa shape index (κ2) is 7.67. The minimum Gasteiger partial charge on any atom is -0.374 e. The summed E-state index contributed by atoms with van der Waals surface area (Å²) in [7, 11) is -3.26. The molecule has 7 nitrogen and oxygen atoms in total. The first-order chi connectivity index (χ1) is 10.7. The molecule has 0 aromatic heterocycles. The maximum absolute atomic E-state index is 11.9. The van der Waals surface area contributed by atoms with Crippen LogP contribution in [0.3, 0.4) is 0 Å². The molecule has 0 spiro atoms. The number of hydrogen-bond donors (Lipinski definition) is 2. The van der Waals surface area contributed by atoms with Crippen LogP contribution in [0.25, 0.3) is 0 Å². The van der Waals surface area contributed by atoms with Crippen LogP contribution in [0.1, 0.15) is 0 Å². The maximum atomic E-state index is 11.9. The van der Waals surface area contributed by atoms with Crippen LogP contribution in [0.2, 0.25) is 10.0 Å². The van der Waals surface area contributed by atoms with Crippen molar-refractivity contribution in [2.24, 2.45) is 0 Å². The molecule has 1 heterocycles. The Hall–Kier alpha value is -1.06. The zero-order valence-electron chi connectivity index (χ0n) is 12.4. The average molecular weight is 382 g/mol. The average Bonchev–Trinajstić information content (AvgIpc) is 2.43. The Bertz CT molecular complexity index is 664. The highest BCUT2D eigenvalue weighted by Gasteiger charge is 2.26. The quantitative estimate of drug-likeness (QED) is 0.831. The van der Waals surface area contributed by atoms with Gasteiger partial charge < -0.3 is 15.4 Å². The van der Waals surface area contributed by atoms with Crippen molar-refractivity contribution >= 4 is 44.9 Å². The van der Waals surface area contributed by atoms with Gasteiger partial charge in [-0.1, -0.05) is 23.2 Å². The minimum absolute atomic E-state index is 0.187. The van der Waals surface area contributed by atoms with Crippen molar-refractivity contribution in [1.82, 2.24) is 9.62 Å². The number of morpholine rings is 1. The molecule has 1 aromatic carbocycles. The molecule has 1 unspecified atom stereocenters. The van der Waals surface area contributed by atoms with Crippen molar-refractivity contribution in [1.29, 1.82) is 0 Å². The number of nitrogens with zero attached hydrogens (tertiary/aromatic N) is 1. The monoisotopic (exact) mass is 381 g/mol. The molecule has 1 aliphatic heterocycles. The van der Waals surface area contributed by atoms with E-state index in [9.17, 15) is 13.2 Å². The molecular formula is C13H17Cl2N3O4S. The molecule has 2 amide bonds. The first kappa shape index (κ1) is 18.3. The SMILES string of the molecule is CS(=O)(=O)N1CCOC(CNC(=O)Nc2cc(Cl)cc(Cl)c2)C1. The van der Waals surface area contributed by atoms with Crippen LogP contribution in [0.5, 0.6) is 0 Å². The number of carbonyl (C=O) groups is 1. The fourth-order valence-electron chi connectivity index (χ4n) is 2.12. The van der Waals surface area contributed by atoms with Gasteiger partial charge in [-0.05, 0) is 18.2 Å². The fraction of sp³-hybridized carbons (Fsp3) is 0.462.